The van der Waals surface area contributed by atoms with Crippen LogP contribution in [0.3, 0.4) is 0 Å². The number of piperidine rings is 1. The van der Waals surface area contributed by atoms with Gasteiger partial charge in [-0.1, -0.05) is 0 Å². The molecular weight excluding hydrogens is 374 g/mol. The van der Waals surface area contributed by atoms with E-state index in [-0.39, 0.29) is 13.1 Å². The number of hydrogen-bond donors (Lipinski definition) is 0. The Morgan fingerprint density at radius 1 is 0.960 bits per heavy atom. The molecule has 140 valence electrons. The van der Waals surface area contributed by atoms with Crippen molar-refractivity contribution in [3.8, 4) is 0 Å². The van der Waals surface area contributed by atoms with Crippen molar-refractivity contribution in [1.82, 2.24) is 8.61 Å². The summed E-state index contributed by atoms with van der Waals surface area (Å²) in [5.41, 5.74) is -0.773. The highest BCUT2D eigenvalue weighted by atomic mass is 32.2. The first-order valence-electron chi connectivity index (χ1n) is 7.99. The van der Waals surface area contributed by atoms with Crippen LogP contribution < -0.4 is 0 Å². The summed E-state index contributed by atoms with van der Waals surface area (Å²) in [7, 11) is -7.57. The number of rotatable bonds is 3. The van der Waals surface area contributed by atoms with Crippen molar-refractivity contribution in [3.63, 3.8) is 0 Å². The van der Waals surface area contributed by atoms with Crippen molar-refractivity contribution in [1.29, 1.82) is 0 Å². The molecule has 1 atom stereocenters. The lowest BCUT2D eigenvalue weighted by molar-refractivity contribution is 0.138. The average molecular weight is 394 g/mol. The van der Waals surface area contributed by atoms with Crippen LogP contribution in [0.4, 0.5) is 8.78 Å². The second kappa shape index (κ2) is 6.26. The van der Waals surface area contributed by atoms with Gasteiger partial charge < -0.3 is 0 Å². The van der Waals surface area contributed by atoms with E-state index in [0.29, 0.717) is 38.3 Å². The number of benzene rings is 1. The molecule has 10 heteroatoms. The van der Waals surface area contributed by atoms with E-state index in [1.165, 1.54) is 4.31 Å². The molecule has 0 radical (unpaired) electrons. The van der Waals surface area contributed by atoms with Crippen LogP contribution in [0.2, 0.25) is 0 Å². The van der Waals surface area contributed by atoms with E-state index < -0.39 is 42.1 Å². The maximum atomic E-state index is 13.4. The standard InChI is InChI=1S/C15H20F2N2O4S2/c1-24(20,21)19-7-3-5-15(19)4-2-6-18(11-15)25(22,23)14-9-12(16)8-13(17)10-14/h8-10H,2-7,11H2,1H3. The largest absolute Gasteiger partial charge is 0.243 e. The predicted octanol–water partition coefficient (Wildman–Crippen LogP) is 1.54. The minimum Gasteiger partial charge on any atom is -0.212 e. The molecule has 2 fully saturated rings. The molecular formula is C15H20F2N2O4S2. The summed E-state index contributed by atoms with van der Waals surface area (Å²) in [4.78, 5) is -0.453. The lowest BCUT2D eigenvalue weighted by Crippen LogP contribution is -2.58. The first-order chi connectivity index (χ1) is 11.5. The molecule has 0 amide bonds. The van der Waals surface area contributed by atoms with E-state index in [1.807, 2.05) is 0 Å². The van der Waals surface area contributed by atoms with Crippen LogP contribution in [0, 0.1) is 11.6 Å². The van der Waals surface area contributed by atoms with Crippen molar-refractivity contribution >= 4 is 20.0 Å². The Labute approximate surface area is 146 Å². The second-order valence-corrected chi connectivity index (χ2v) is 10.6. The molecule has 1 unspecified atom stereocenters. The Morgan fingerprint density at radius 3 is 2.08 bits per heavy atom. The summed E-state index contributed by atoms with van der Waals surface area (Å²) < 4.78 is 79.2. The smallest absolute Gasteiger partial charge is 0.212 e. The van der Waals surface area contributed by atoms with Crippen molar-refractivity contribution in [2.24, 2.45) is 0 Å². The molecule has 6 nitrogen and oxygen atoms in total. The van der Waals surface area contributed by atoms with Gasteiger partial charge in [0.1, 0.15) is 11.6 Å². The number of nitrogens with zero attached hydrogens (tertiary/aromatic N) is 2. The molecule has 0 N–H and O–H groups in total. The molecule has 2 aliphatic heterocycles. The first kappa shape index (κ1) is 18.7. The zero-order chi connectivity index (χ0) is 18.5. The molecule has 2 saturated heterocycles. The summed E-state index contributed by atoms with van der Waals surface area (Å²) >= 11 is 0. The van der Waals surface area contributed by atoms with E-state index in [0.717, 1.165) is 22.7 Å². The molecule has 2 aliphatic rings. The lowest BCUT2D eigenvalue weighted by atomic mass is 9.89. The fraction of sp³-hybridized carbons (Fsp3) is 0.600. The highest BCUT2D eigenvalue weighted by Gasteiger charge is 2.49. The molecule has 1 aromatic rings. The molecule has 2 heterocycles. The Morgan fingerprint density at radius 2 is 1.52 bits per heavy atom. The van der Waals surface area contributed by atoms with Crippen LogP contribution >= 0.6 is 0 Å². The third-order valence-corrected chi connectivity index (χ3v) is 8.12. The molecule has 0 aliphatic carbocycles. The van der Waals surface area contributed by atoms with Gasteiger partial charge in [0.25, 0.3) is 0 Å². The molecule has 0 saturated carbocycles. The Bertz CT molecular complexity index is 869. The molecule has 1 spiro atoms. The number of sulfonamides is 2. The minimum absolute atomic E-state index is 0.000531. The van der Waals surface area contributed by atoms with Gasteiger partial charge in [-0.15, -0.1) is 0 Å². The van der Waals surface area contributed by atoms with E-state index in [4.69, 9.17) is 0 Å². The van der Waals surface area contributed by atoms with Gasteiger partial charge in [0.2, 0.25) is 20.0 Å². The van der Waals surface area contributed by atoms with Crippen LogP contribution in [0.5, 0.6) is 0 Å². The number of hydrogen-bond acceptors (Lipinski definition) is 4. The molecule has 3 rings (SSSR count). The van der Waals surface area contributed by atoms with E-state index in [9.17, 15) is 25.6 Å². The predicted molar refractivity (Wildman–Crippen MR) is 87.9 cm³/mol. The lowest BCUT2D eigenvalue weighted by Gasteiger charge is -2.44. The maximum absolute atomic E-state index is 13.4. The molecule has 25 heavy (non-hydrogen) atoms. The van der Waals surface area contributed by atoms with Gasteiger partial charge in [-0.25, -0.2) is 25.6 Å². The summed E-state index contributed by atoms with van der Waals surface area (Å²) in [6.07, 6.45) is 3.42. The Kier molecular flexibility index (Phi) is 4.68. The normalized spacial score (nSPS) is 26.4. The fourth-order valence-corrected chi connectivity index (χ4v) is 6.95. The van der Waals surface area contributed by atoms with Gasteiger partial charge in [0, 0.05) is 31.2 Å². The third kappa shape index (κ3) is 3.44. The van der Waals surface area contributed by atoms with Crippen LogP contribution in [-0.4, -0.2) is 56.9 Å². The van der Waals surface area contributed by atoms with E-state index >= 15 is 0 Å². The van der Waals surface area contributed by atoms with Crippen molar-refractivity contribution in [2.45, 2.75) is 36.1 Å². The van der Waals surface area contributed by atoms with E-state index in [2.05, 4.69) is 0 Å². The Balaban J connectivity index is 1.96. The van der Waals surface area contributed by atoms with Crippen LogP contribution in [0.25, 0.3) is 0 Å². The van der Waals surface area contributed by atoms with Gasteiger partial charge in [0.15, 0.2) is 0 Å². The third-order valence-electron chi connectivity index (χ3n) is 4.93. The second-order valence-electron chi connectivity index (χ2n) is 6.71. The van der Waals surface area contributed by atoms with Gasteiger partial charge in [-0.3, -0.25) is 0 Å². The zero-order valence-electron chi connectivity index (χ0n) is 13.8. The zero-order valence-corrected chi connectivity index (χ0v) is 15.4. The summed E-state index contributed by atoms with van der Waals surface area (Å²) in [5.74, 6) is -1.94. The summed E-state index contributed by atoms with van der Waals surface area (Å²) in [6, 6.07) is 2.17. The van der Waals surface area contributed by atoms with Crippen LogP contribution in [-0.2, 0) is 20.0 Å². The fourth-order valence-electron chi connectivity index (χ4n) is 3.94. The topological polar surface area (TPSA) is 74.8 Å². The average Bonchev–Trinajstić information content (AvgIpc) is 2.89. The van der Waals surface area contributed by atoms with E-state index in [1.54, 1.807) is 0 Å². The van der Waals surface area contributed by atoms with Gasteiger partial charge >= 0.3 is 0 Å². The number of halogens is 2. The van der Waals surface area contributed by atoms with Crippen LogP contribution in [0.15, 0.2) is 23.1 Å². The highest BCUT2D eigenvalue weighted by Crippen LogP contribution is 2.40. The maximum Gasteiger partial charge on any atom is 0.243 e. The quantitative estimate of drug-likeness (QED) is 0.780. The first-order valence-corrected chi connectivity index (χ1v) is 11.3. The molecule has 0 aromatic heterocycles. The van der Waals surface area contributed by atoms with Gasteiger partial charge in [-0.2, -0.15) is 8.61 Å². The van der Waals surface area contributed by atoms with Crippen molar-refractivity contribution in [3.05, 3.63) is 29.8 Å². The van der Waals surface area contributed by atoms with Gasteiger partial charge in [0.05, 0.1) is 11.2 Å². The SMILES string of the molecule is CS(=O)(=O)N1CCCC12CCCN(S(=O)(=O)c1cc(F)cc(F)c1)C2. The molecule has 1 aromatic carbocycles. The highest BCUT2D eigenvalue weighted by molar-refractivity contribution is 7.89. The van der Waals surface area contributed by atoms with Crippen LogP contribution in [0.1, 0.15) is 25.7 Å². The van der Waals surface area contributed by atoms with Gasteiger partial charge in [-0.05, 0) is 37.8 Å². The van der Waals surface area contributed by atoms with Crippen molar-refractivity contribution in [2.75, 3.05) is 25.9 Å². The summed E-state index contributed by atoms with van der Waals surface area (Å²) in [5, 5.41) is 0. The molecule has 0 bridgehead atoms. The Hall–Kier alpha value is -1.10. The summed E-state index contributed by atoms with van der Waals surface area (Å²) in [6.45, 7) is 0.557. The van der Waals surface area contributed by atoms with Crippen molar-refractivity contribution < 1.29 is 25.6 Å². The minimum atomic E-state index is -4.11. The monoisotopic (exact) mass is 394 g/mol.